The van der Waals surface area contributed by atoms with E-state index in [-0.39, 0.29) is 11.9 Å². The number of hydrogen-bond acceptors (Lipinski definition) is 4. The zero-order valence-corrected chi connectivity index (χ0v) is 16.2. The number of ether oxygens (including phenoxy) is 1. The summed E-state index contributed by atoms with van der Waals surface area (Å²) >= 11 is 0. The van der Waals surface area contributed by atoms with Crippen LogP contribution in [0.4, 0.5) is 0 Å². The Labute approximate surface area is 157 Å². The monoisotopic (exact) mass is 359 g/mol. The van der Waals surface area contributed by atoms with Crippen LogP contribution < -0.4 is 15.4 Å². The zero-order chi connectivity index (χ0) is 18.4. The molecule has 1 aliphatic heterocycles. The van der Waals surface area contributed by atoms with Gasteiger partial charge in [-0.2, -0.15) is 0 Å². The van der Waals surface area contributed by atoms with Gasteiger partial charge in [0.2, 0.25) is 0 Å². The number of hydrogen-bond donors (Lipinski definition) is 2. The van der Waals surface area contributed by atoms with Gasteiger partial charge >= 0.3 is 0 Å². The average Bonchev–Trinajstić information content (AvgIpc) is 2.69. The van der Waals surface area contributed by atoms with E-state index in [0.29, 0.717) is 11.6 Å². The highest BCUT2D eigenvalue weighted by Gasteiger charge is 2.26. The standard InChI is InChI=1S/C21H33N3O2/c1-24(15-16-10-12-22-13-11-16)19-8-6-18(7-9-19)23-21(25)17-4-3-5-20(14-17)26-2/h3-5,14,16,18-19,22H,6-13,15H2,1-2H3,(H,23,25). The average molecular weight is 360 g/mol. The number of nitrogens with one attached hydrogen (secondary N) is 2. The van der Waals surface area contributed by atoms with Gasteiger partial charge in [-0.15, -0.1) is 0 Å². The summed E-state index contributed by atoms with van der Waals surface area (Å²) < 4.78 is 5.21. The number of methoxy groups -OCH3 is 1. The summed E-state index contributed by atoms with van der Waals surface area (Å²) in [6.07, 6.45) is 7.08. The molecule has 144 valence electrons. The van der Waals surface area contributed by atoms with Crippen LogP contribution in [0.5, 0.6) is 5.75 Å². The minimum Gasteiger partial charge on any atom is -0.497 e. The van der Waals surface area contributed by atoms with Crippen LogP contribution in [0.2, 0.25) is 0 Å². The van der Waals surface area contributed by atoms with Gasteiger partial charge in [-0.25, -0.2) is 0 Å². The normalized spacial score (nSPS) is 24.4. The first-order chi connectivity index (χ1) is 12.7. The highest BCUT2D eigenvalue weighted by molar-refractivity contribution is 5.94. The SMILES string of the molecule is COc1cccc(C(=O)NC2CCC(N(C)CC3CCNCC3)CC2)c1. The molecule has 2 N–H and O–H groups in total. The zero-order valence-electron chi connectivity index (χ0n) is 16.2. The highest BCUT2D eigenvalue weighted by Crippen LogP contribution is 2.25. The molecule has 0 bridgehead atoms. The molecule has 5 nitrogen and oxygen atoms in total. The Hall–Kier alpha value is -1.59. The molecule has 0 aromatic heterocycles. The van der Waals surface area contributed by atoms with Crippen molar-refractivity contribution in [3.05, 3.63) is 29.8 Å². The number of rotatable bonds is 6. The van der Waals surface area contributed by atoms with Crippen LogP contribution in [-0.2, 0) is 0 Å². The molecule has 5 heteroatoms. The highest BCUT2D eigenvalue weighted by atomic mass is 16.5. The van der Waals surface area contributed by atoms with Gasteiger partial charge in [0, 0.05) is 24.2 Å². The molecule has 1 saturated carbocycles. The number of carbonyl (C=O) groups excluding carboxylic acids is 1. The number of benzene rings is 1. The summed E-state index contributed by atoms with van der Waals surface area (Å²) in [6, 6.07) is 8.32. The minimum absolute atomic E-state index is 0.00964. The summed E-state index contributed by atoms with van der Waals surface area (Å²) in [5.74, 6) is 1.57. The Morgan fingerprint density at radius 1 is 1.19 bits per heavy atom. The molecule has 2 aliphatic rings. The smallest absolute Gasteiger partial charge is 0.251 e. The third-order valence-electron chi connectivity index (χ3n) is 5.99. The number of amides is 1. The minimum atomic E-state index is 0.00964. The fourth-order valence-electron chi connectivity index (χ4n) is 4.31. The van der Waals surface area contributed by atoms with E-state index in [2.05, 4.69) is 22.6 Å². The van der Waals surface area contributed by atoms with E-state index in [1.54, 1.807) is 13.2 Å². The van der Waals surface area contributed by atoms with Crippen LogP contribution in [0.25, 0.3) is 0 Å². The molecule has 3 rings (SSSR count). The Balaban J connectivity index is 1.43. The molecule has 1 aromatic rings. The molecule has 1 aromatic carbocycles. The van der Waals surface area contributed by atoms with Gasteiger partial charge in [0.05, 0.1) is 7.11 Å². The number of nitrogens with zero attached hydrogens (tertiary/aromatic N) is 1. The van der Waals surface area contributed by atoms with Crippen molar-refractivity contribution >= 4 is 5.91 Å². The predicted octanol–water partition coefficient (Wildman–Crippen LogP) is 2.67. The predicted molar refractivity (Wildman–Crippen MR) is 105 cm³/mol. The quantitative estimate of drug-likeness (QED) is 0.820. The Morgan fingerprint density at radius 3 is 2.62 bits per heavy atom. The lowest BCUT2D eigenvalue weighted by molar-refractivity contribution is 0.0904. The maximum Gasteiger partial charge on any atom is 0.251 e. The van der Waals surface area contributed by atoms with Crippen LogP contribution in [-0.4, -0.2) is 56.7 Å². The van der Waals surface area contributed by atoms with Crippen LogP contribution in [0.3, 0.4) is 0 Å². The molecule has 0 unspecified atom stereocenters. The van der Waals surface area contributed by atoms with E-state index < -0.39 is 0 Å². The third-order valence-corrected chi connectivity index (χ3v) is 5.99. The van der Waals surface area contributed by atoms with E-state index in [4.69, 9.17) is 4.74 Å². The second kappa shape index (κ2) is 9.38. The lowest BCUT2D eigenvalue weighted by Crippen LogP contribution is -2.44. The van der Waals surface area contributed by atoms with Crippen molar-refractivity contribution < 1.29 is 9.53 Å². The Bertz CT molecular complexity index is 578. The molecule has 1 heterocycles. The molecular weight excluding hydrogens is 326 g/mol. The molecule has 1 aliphatic carbocycles. The van der Waals surface area contributed by atoms with E-state index in [9.17, 15) is 4.79 Å². The third kappa shape index (κ3) is 5.21. The maximum absolute atomic E-state index is 12.5. The number of piperidine rings is 1. The van der Waals surface area contributed by atoms with E-state index in [0.717, 1.165) is 24.5 Å². The summed E-state index contributed by atoms with van der Waals surface area (Å²) in [5.41, 5.74) is 0.675. The first-order valence-electron chi connectivity index (χ1n) is 10.0. The molecule has 1 saturated heterocycles. The Morgan fingerprint density at radius 2 is 1.92 bits per heavy atom. The first-order valence-corrected chi connectivity index (χ1v) is 10.0. The molecule has 1 amide bonds. The van der Waals surface area contributed by atoms with Crippen LogP contribution in [0.1, 0.15) is 48.9 Å². The second-order valence-corrected chi connectivity index (χ2v) is 7.84. The Kier molecular flexibility index (Phi) is 6.92. The van der Waals surface area contributed by atoms with Gasteiger partial charge in [-0.3, -0.25) is 4.79 Å². The van der Waals surface area contributed by atoms with Gasteiger partial charge < -0.3 is 20.3 Å². The van der Waals surface area contributed by atoms with Crippen molar-refractivity contribution in [1.29, 1.82) is 0 Å². The fraction of sp³-hybridized carbons (Fsp3) is 0.667. The molecular formula is C21H33N3O2. The van der Waals surface area contributed by atoms with Crippen LogP contribution in [0.15, 0.2) is 24.3 Å². The second-order valence-electron chi connectivity index (χ2n) is 7.84. The van der Waals surface area contributed by atoms with Gasteiger partial charge in [0.1, 0.15) is 5.75 Å². The number of carbonyl (C=O) groups is 1. The van der Waals surface area contributed by atoms with E-state index >= 15 is 0 Å². The van der Waals surface area contributed by atoms with Gasteiger partial charge in [-0.05, 0) is 82.8 Å². The van der Waals surface area contributed by atoms with Gasteiger partial charge in [0.15, 0.2) is 0 Å². The van der Waals surface area contributed by atoms with Crippen molar-refractivity contribution in [2.75, 3.05) is 33.8 Å². The first kappa shape index (κ1) is 19.2. The van der Waals surface area contributed by atoms with Gasteiger partial charge in [-0.1, -0.05) is 6.07 Å². The van der Waals surface area contributed by atoms with Crippen molar-refractivity contribution in [2.24, 2.45) is 5.92 Å². The van der Waals surface area contributed by atoms with Crippen LogP contribution >= 0.6 is 0 Å². The van der Waals surface area contributed by atoms with Crippen molar-refractivity contribution in [1.82, 2.24) is 15.5 Å². The molecule has 0 spiro atoms. The summed E-state index contributed by atoms with van der Waals surface area (Å²) in [4.78, 5) is 15.0. The summed E-state index contributed by atoms with van der Waals surface area (Å²) in [7, 11) is 3.90. The molecule has 26 heavy (non-hydrogen) atoms. The lowest BCUT2D eigenvalue weighted by atomic mass is 9.89. The van der Waals surface area contributed by atoms with E-state index in [1.807, 2.05) is 18.2 Å². The summed E-state index contributed by atoms with van der Waals surface area (Å²) in [5, 5.41) is 6.65. The molecule has 0 radical (unpaired) electrons. The molecule has 0 atom stereocenters. The topological polar surface area (TPSA) is 53.6 Å². The fourth-order valence-corrected chi connectivity index (χ4v) is 4.31. The largest absolute Gasteiger partial charge is 0.497 e. The maximum atomic E-state index is 12.5. The molecule has 2 fully saturated rings. The lowest BCUT2D eigenvalue weighted by Gasteiger charge is -2.37. The van der Waals surface area contributed by atoms with E-state index in [1.165, 1.54) is 45.3 Å². The van der Waals surface area contributed by atoms with Crippen LogP contribution in [0, 0.1) is 5.92 Å². The van der Waals surface area contributed by atoms with Crippen molar-refractivity contribution in [3.63, 3.8) is 0 Å². The van der Waals surface area contributed by atoms with Crippen molar-refractivity contribution in [3.8, 4) is 5.75 Å². The van der Waals surface area contributed by atoms with Gasteiger partial charge in [0.25, 0.3) is 5.91 Å². The summed E-state index contributed by atoms with van der Waals surface area (Å²) in [6.45, 7) is 3.55. The van der Waals surface area contributed by atoms with Crippen molar-refractivity contribution in [2.45, 2.75) is 50.6 Å².